The van der Waals surface area contributed by atoms with E-state index < -0.39 is 122 Å². The third-order valence-electron chi connectivity index (χ3n) is 9.70. The highest BCUT2D eigenvalue weighted by molar-refractivity contribution is 5.86. The molecule has 1 aromatic heterocycles. The molecule has 3 aliphatic rings. The maximum atomic E-state index is 13.1. The summed E-state index contributed by atoms with van der Waals surface area (Å²) in [5.41, 5.74) is -0.242. The molecule has 3 fully saturated rings. The number of esters is 1. The number of carbonyl (C=O) groups excluding carboxylic acids is 1. The van der Waals surface area contributed by atoms with E-state index in [9.17, 15) is 55.5 Å². The number of fused-ring (bicyclic) bond motifs is 1. The fourth-order valence-corrected chi connectivity index (χ4v) is 6.49. The van der Waals surface area contributed by atoms with E-state index in [4.69, 9.17) is 42.3 Å². The largest absolute Gasteiger partial charge is 0.507 e. The molecule has 6 rings (SSSR count). The van der Waals surface area contributed by atoms with Gasteiger partial charge in [-0.3, -0.25) is 9.59 Å². The number of ether oxygens (including phenoxy) is 8. The van der Waals surface area contributed by atoms with Gasteiger partial charge in [-0.15, -0.1) is 0 Å². The zero-order valence-electron chi connectivity index (χ0n) is 30.1. The smallest absolute Gasteiger partial charge is 0.302 e. The Balaban J connectivity index is 1.30. The second-order valence-electron chi connectivity index (χ2n) is 13.6. The average molecular weight is 797 g/mol. The van der Waals surface area contributed by atoms with Crippen LogP contribution in [0.4, 0.5) is 0 Å². The first-order valence-electron chi connectivity index (χ1n) is 17.5. The Morgan fingerprint density at radius 2 is 1.34 bits per heavy atom. The lowest BCUT2D eigenvalue weighted by Crippen LogP contribution is -2.65. The Hall–Kier alpha value is -4.00. The fourth-order valence-electron chi connectivity index (χ4n) is 6.49. The Kier molecular flexibility index (Phi) is 12.8. The Morgan fingerprint density at radius 1 is 0.714 bits per heavy atom. The van der Waals surface area contributed by atoms with Crippen molar-refractivity contribution >= 4 is 16.9 Å². The molecule has 0 aliphatic carbocycles. The highest BCUT2D eigenvalue weighted by Gasteiger charge is 2.52. The van der Waals surface area contributed by atoms with Crippen LogP contribution >= 0.6 is 0 Å². The number of aliphatic hydroxyl groups excluding tert-OH is 8. The molecule has 0 amide bonds. The third kappa shape index (κ3) is 8.62. The van der Waals surface area contributed by atoms with Gasteiger partial charge >= 0.3 is 5.97 Å². The fraction of sp³-hybridized carbons (Fsp3) is 0.556. The van der Waals surface area contributed by atoms with Gasteiger partial charge in [-0.25, -0.2) is 0 Å². The molecular formula is C36H44O20. The molecule has 308 valence electrons. The van der Waals surface area contributed by atoms with Crippen molar-refractivity contribution in [1.29, 1.82) is 0 Å². The van der Waals surface area contributed by atoms with Gasteiger partial charge in [0.25, 0.3) is 0 Å². The minimum absolute atomic E-state index is 0.124. The molecule has 3 saturated heterocycles. The topological polar surface area (TPSA) is 303 Å². The van der Waals surface area contributed by atoms with E-state index >= 15 is 0 Å². The van der Waals surface area contributed by atoms with Crippen molar-refractivity contribution in [2.24, 2.45) is 0 Å². The maximum absolute atomic E-state index is 13.1. The van der Waals surface area contributed by atoms with Gasteiger partial charge in [0.1, 0.15) is 102 Å². The molecule has 9 N–H and O–H groups in total. The molecule has 20 nitrogen and oxygen atoms in total. The van der Waals surface area contributed by atoms with E-state index in [2.05, 4.69) is 0 Å². The SMILES string of the molecule is COc1ccc(-c2cc(=O)c3c(O)cc(OC4OC(COC5OC(C)C(O)C(O)C5O)C(O)C(O)C4OC4OC(COC(C)=O)C(O)C(O)C4O)cc3o2)cc1. The lowest BCUT2D eigenvalue weighted by Gasteiger charge is -2.46. The van der Waals surface area contributed by atoms with Crippen LogP contribution in [-0.4, -0.2) is 164 Å². The molecule has 3 aliphatic heterocycles. The number of methoxy groups -OCH3 is 1. The molecule has 56 heavy (non-hydrogen) atoms. The average Bonchev–Trinajstić information content (AvgIpc) is 3.17. The van der Waals surface area contributed by atoms with E-state index in [0.29, 0.717) is 11.3 Å². The van der Waals surface area contributed by atoms with Crippen molar-refractivity contribution in [1.82, 2.24) is 0 Å². The summed E-state index contributed by atoms with van der Waals surface area (Å²) in [6, 6.07) is 10.0. The van der Waals surface area contributed by atoms with Crippen LogP contribution in [0.5, 0.6) is 17.2 Å². The van der Waals surface area contributed by atoms with Crippen molar-refractivity contribution in [3.63, 3.8) is 0 Å². The minimum Gasteiger partial charge on any atom is -0.507 e. The van der Waals surface area contributed by atoms with Crippen molar-refractivity contribution < 1.29 is 93.1 Å². The summed E-state index contributed by atoms with van der Waals surface area (Å²) in [5, 5.41) is 95.8. The molecule has 2 aromatic carbocycles. The van der Waals surface area contributed by atoms with Crippen molar-refractivity contribution in [3.05, 3.63) is 52.7 Å². The number of hydrogen-bond acceptors (Lipinski definition) is 20. The van der Waals surface area contributed by atoms with Crippen LogP contribution < -0.4 is 14.9 Å². The molecule has 0 spiro atoms. The van der Waals surface area contributed by atoms with Crippen LogP contribution in [-0.2, 0) is 33.2 Å². The molecule has 3 aromatic rings. The first kappa shape index (κ1) is 41.6. The number of rotatable bonds is 11. The molecular weight excluding hydrogens is 752 g/mol. The summed E-state index contributed by atoms with van der Waals surface area (Å²) in [7, 11) is 1.49. The van der Waals surface area contributed by atoms with Crippen LogP contribution in [0.15, 0.2) is 51.7 Å². The van der Waals surface area contributed by atoms with E-state index in [-0.39, 0.29) is 22.5 Å². The summed E-state index contributed by atoms with van der Waals surface area (Å²) in [6.45, 7) is 1.33. The minimum atomic E-state index is -1.97. The number of aromatic hydroxyl groups is 1. The van der Waals surface area contributed by atoms with Gasteiger partial charge < -0.3 is 88.3 Å². The van der Waals surface area contributed by atoms with Gasteiger partial charge in [-0.1, -0.05) is 0 Å². The summed E-state index contributed by atoms with van der Waals surface area (Å²) in [6.07, 6.45) is -25.1. The second kappa shape index (κ2) is 17.2. The number of benzene rings is 2. The molecule has 0 saturated carbocycles. The van der Waals surface area contributed by atoms with Crippen LogP contribution in [0.1, 0.15) is 13.8 Å². The van der Waals surface area contributed by atoms with Crippen LogP contribution in [0.25, 0.3) is 22.3 Å². The Bertz CT molecular complexity index is 1870. The first-order valence-corrected chi connectivity index (χ1v) is 17.5. The standard InChI is InChI=1S/C36H44O20/c1-13-25(40)28(43)31(46)34(51-13)50-12-23-27(42)30(45)33(56-35-32(47)29(44)26(41)22(54-35)11-49-14(2)37)36(55-23)52-17-8-18(38)24-19(39)10-20(53-21(24)9-17)15-4-6-16(48-3)7-5-15/h4-10,13,22-23,25-36,38,40-47H,11-12H2,1-3H3. The van der Waals surface area contributed by atoms with Crippen LogP contribution in [0, 0.1) is 0 Å². The molecule has 0 bridgehead atoms. The summed E-state index contributed by atoms with van der Waals surface area (Å²) in [4.78, 5) is 24.5. The van der Waals surface area contributed by atoms with E-state index in [1.54, 1.807) is 24.3 Å². The van der Waals surface area contributed by atoms with Crippen LogP contribution in [0.2, 0.25) is 0 Å². The van der Waals surface area contributed by atoms with E-state index in [1.165, 1.54) is 26.2 Å². The quantitative estimate of drug-likeness (QED) is 0.0914. The maximum Gasteiger partial charge on any atom is 0.302 e. The molecule has 4 heterocycles. The summed E-state index contributed by atoms with van der Waals surface area (Å²) in [5.74, 6) is -0.861. The zero-order valence-corrected chi connectivity index (χ0v) is 30.1. The summed E-state index contributed by atoms with van der Waals surface area (Å²) < 4.78 is 50.5. The van der Waals surface area contributed by atoms with Crippen molar-refractivity contribution in [2.45, 2.75) is 106 Å². The predicted molar refractivity (Wildman–Crippen MR) is 184 cm³/mol. The monoisotopic (exact) mass is 796 g/mol. The molecule has 20 heteroatoms. The number of phenolic OH excluding ortho intramolecular Hbond substituents is 1. The van der Waals surface area contributed by atoms with E-state index in [0.717, 1.165) is 13.0 Å². The highest BCUT2D eigenvalue weighted by atomic mass is 16.8. The zero-order chi connectivity index (χ0) is 40.6. The molecule has 0 radical (unpaired) electrons. The Morgan fingerprint density at radius 3 is 2.02 bits per heavy atom. The third-order valence-corrected chi connectivity index (χ3v) is 9.70. The van der Waals surface area contributed by atoms with Gasteiger partial charge in [0.15, 0.2) is 24.1 Å². The van der Waals surface area contributed by atoms with E-state index in [1.807, 2.05) is 0 Å². The van der Waals surface area contributed by atoms with Crippen molar-refractivity contribution in [3.8, 4) is 28.6 Å². The number of phenols is 1. The number of hydrogen-bond donors (Lipinski definition) is 9. The summed E-state index contributed by atoms with van der Waals surface area (Å²) >= 11 is 0. The van der Waals surface area contributed by atoms with Gasteiger partial charge in [-0.2, -0.15) is 0 Å². The van der Waals surface area contributed by atoms with Crippen LogP contribution in [0.3, 0.4) is 0 Å². The molecule has 15 unspecified atom stereocenters. The normalized spacial score (nSPS) is 36.2. The van der Waals surface area contributed by atoms with Gasteiger partial charge in [-0.05, 0) is 31.2 Å². The van der Waals surface area contributed by atoms with Gasteiger partial charge in [0, 0.05) is 30.7 Å². The second-order valence-corrected chi connectivity index (χ2v) is 13.6. The molecule has 15 atom stereocenters. The lowest BCUT2D eigenvalue weighted by atomic mass is 9.97. The van der Waals surface area contributed by atoms with Gasteiger partial charge in [0.05, 0.1) is 19.8 Å². The van der Waals surface area contributed by atoms with Gasteiger partial charge in [0.2, 0.25) is 6.29 Å². The number of carbonyl (C=O) groups is 1. The lowest BCUT2D eigenvalue weighted by molar-refractivity contribution is -0.362. The Labute approximate surface area is 317 Å². The predicted octanol–water partition coefficient (Wildman–Crippen LogP) is -2.40. The first-order chi connectivity index (χ1) is 26.6. The van der Waals surface area contributed by atoms with Crippen molar-refractivity contribution in [2.75, 3.05) is 20.3 Å². The highest BCUT2D eigenvalue weighted by Crippen LogP contribution is 2.36. The number of aliphatic hydroxyl groups is 8.